The Kier molecular flexibility index (Phi) is 5.41. The van der Waals surface area contributed by atoms with Gasteiger partial charge < -0.3 is 25.6 Å². The molecule has 6 nitrogen and oxygen atoms in total. The Hall–Kier alpha value is -1.79. The summed E-state index contributed by atoms with van der Waals surface area (Å²) in [5.74, 6) is -0.363. The summed E-state index contributed by atoms with van der Waals surface area (Å²) in [5, 5.41) is 18.3. The first kappa shape index (κ1) is 14.3. The third-order valence-electron chi connectivity index (χ3n) is 2.49. The molecule has 0 aliphatic heterocycles. The molecule has 0 saturated carbocycles. The zero-order chi connectivity index (χ0) is 13.5. The number of carbonyl (C=O) groups excluding carboxylic acids is 1. The van der Waals surface area contributed by atoms with Crippen molar-refractivity contribution in [2.45, 2.75) is 0 Å². The fraction of sp³-hybridized carbons (Fsp3) is 0.417. The molecule has 0 bridgehead atoms. The van der Waals surface area contributed by atoms with Crippen LogP contribution in [-0.4, -0.2) is 54.4 Å². The largest absolute Gasteiger partial charge is 0.508 e. The van der Waals surface area contributed by atoms with E-state index in [9.17, 15) is 9.90 Å². The van der Waals surface area contributed by atoms with Gasteiger partial charge in [0.2, 0.25) is 0 Å². The second-order valence-electron chi connectivity index (χ2n) is 3.78. The Morgan fingerprint density at radius 2 is 2.17 bits per heavy atom. The molecule has 0 saturated heterocycles. The number of hydrogen-bond acceptors (Lipinski definition) is 5. The van der Waals surface area contributed by atoms with E-state index in [4.69, 9.17) is 15.6 Å². The molecule has 0 fully saturated rings. The molecular weight excluding hydrogens is 236 g/mol. The second kappa shape index (κ2) is 6.83. The molecule has 0 aliphatic carbocycles. The standard InChI is InChI=1S/C12H18N2O4/c1-18-7-5-14(4-6-15)12(17)10-8-9(16)2-3-11(10)13/h2-3,8,15-16H,4-7,13H2,1H3. The molecule has 0 radical (unpaired) electrons. The van der Waals surface area contributed by atoms with Crippen LogP contribution in [0.5, 0.6) is 5.75 Å². The summed E-state index contributed by atoms with van der Waals surface area (Å²) in [4.78, 5) is 13.6. The van der Waals surface area contributed by atoms with E-state index in [0.717, 1.165) is 0 Å². The first-order valence-corrected chi connectivity index (χ1v) is 5.57. The van der Waals surface area contributed by atoms with E-state index >= 15 is 0 Å². The number of benzene rings is 1. The number of amides is 1. The molecule has 18 heavy (non-hydrogen) atoms. The van der Waals surface area contributed by atoms with Gasteiger partial charge in [-0.2, -0.15) is 0 Å². The average Bonchev–Trinajstić information content (AvgIpc) is 2.36. The van der Waals surface area contributed by atoms with E-state index in [1.165, 1.54) is 30.2 Å². The Labute approximate surface area is 106 Å². The predicted molar refractivity (Wildman–Crippen MR) is 67.4 cm³/mol. The molecule has 1 aromatic rings. The van der Waals surface area contributed by atoms with Crippen LogP contribution in [0.3, 0.4) is 0 Å². The third kappa shape index (κ3) is 3.61. The number of aliphatic hydroxyl groups excluding tert-OH is 1. The first-order chi connectivity index (χ1) is 8.60. The number of anilines is 1. The normalized spacial score (nSPS) is 10.3. The highest BCUT2D eigenvalue weighted by molar-refractivity contribution is 5.99. The number of aliphatic hydroxyl groups is 1. The third-order valence-corrected chi connectivity index (χ3v) is 2.49. The van der Waals surface area contributed by atoms with E-state index < -0.39 is 0 Å². The maximum atomic E-state index is 12.2. The second-order valence-corrected chi connectivity index (χ2v) is 3.78. The van der Waals surface area contributed by atoms with Gasteiger partial charge in [-0.3, -0.25) is 4.79 Å². The van der Waals surface area contributed by atoms with Crippen molar-refractivity contribution in [3.8, 4) is 5.75 Å². The first-order valence-electron chi connectivity index (χ1n) is 5.57. The number of phenols is 1. The maximum Gasteiger partial charge on any atom is 0.256 e. The summed E-state index contributed by atoms with van der Waals surface area (Å²) >= 11 is 0. The Bertz CT molecular complexity index is 409. The zero-order valence-electron chi connectivity index (χ0n) is 10.3. The van der Waals surface area contributed by atoms with Crippen LogP contribution in [0.2, 0.25) is 0 Å². The van der Waals surface area contributed by atoms with Crippen LogP contribution in [0.15, 0.2) is 18.2 Å². The average molecular weight is 254 g/mol. The Morgan fingerprint density at radius 1 is 1.44 bits per heavy atom. The number of phenolic OH excluding ortho intramolecular Hbond substituents is 1. The van der Waals surface area contributed by atoms with Crippen LogP contribution in [0.1, 0.15) is 10.4 Å². The van der Waals surface area contributed by atoms with Gasteiger partial charge in [-0.25, -0.2) is 0 Å². The quantitative estimate of drug-likeness (QED) is 0.492. The molecule has 4 N–H and O–H groups in total. The summed E-state index contributed by atoms with van der Waals surface area (Å²) < 4.78 is 4.90. The smallest absolute Gasteiger partial charge is 0.256 e. The van der Waals surface area contributed by atoms with Crippen molar-refractivity contribution < 1.29 is 19.7 Å². The highest BCUT2D eigenvalue weighted by atomic mass is 16.5. The predicted octanol–water partition coefficient (Wildman–Crippen LogP) is 0.0553. The summed E-state index contributed by atoms with van der Waals surface area (Å²) in [5.41, 5.74) is 6.21. The number of carbonyl (C=O) groups is 1. The monoisotopic (exact) mass is 254 g/mol. The molecule has 6 heteroatoms. The molecule has 0 aliphatic rings. The summed E-state index contributed by atoms with van der Waals surface area (Å²) in [6.07, 6.45) is 0. The van der Waals surface area contributed by atoms with E-state index in [0.29, 0.717) is 13.2 Å². The molecule has 0 atom stereocenters. The zero-order valence-corrected chi connectivity index (χ0v) is 10.3. The van der Waals surface area contributed by atoms with Crippen molar-refractivity contribution in [3.05, 3.63) is 23.8 Å². The molecule has 100 valence electrons. The topological polar surface area (TPSA) is 96.0 Å². The maximum absolute atomic E-state index is 12.2. The van der Waals surface area contributed by atoms with Crippen LogP contribution in [0, 0.1) is 0 Å². The number of aromatic hydroxyl groups is 1. The molecule has 0 unspecified atom stereocenters. The van der Waals surface area contributed by atoms with Crippen molar-refractivity contribution in [3.63, 3.8) is 0 Å². The van der Waals surface area contributed by atoms with Crippen molar-refractivity contribution in [1.29, 1.82) is 0 Å². The van der Waals surface area contributed by atoms with Gasteiger partial charge in [0.25, 0.3) is 5.91 Å². The van der Waals surface area contributed by atoms with Crippen LogP contribution in [0.25, 0.3) is 0 Å². The summed E-state index contributed by atoms with van der Waals surface area (Å²) in [7, 11) is 1.53. The number of nitrogens with two attached hydrogens (primary N) is 1. The van der Waals surface area contributed by atoms with Gasteiger partial charge in [-0.1, -0.05) is 0 Å². The van der Waals surface area contributed by atoms with E-state index in [1.807, 2.05) is 0 Å². The molecule has 1 rings (SSSR count). The number of hydrogen-bond donors (Lipinski definition) is 3. The van der Waals surface area contributed by atoms with Crippen LogP contribution < -0.4 is 5.73 Å². The fourth-order valence-electron chi connectivity index (χ4n) is 1.54. The van der Waals surface area contributed by atoms with Gasteiger partial charge in [0.15, 0.2) is 0 Å². The minimum Gasteiger partial charge on any atom is -0.508 e. The molecule has 0 aromatic heterocycles. The van der Waals surface area contributed by atoms with E-state index in [1.54, 1.807) is 0 Å². The van der Waals surface area contributed by atoms with Gasteiger partial charge in [0.05, 0.1) is 18.8 Å². The fourth-order valence-corrected chi connectivity index (χ4v) is 1.54. The van der Waals surface area contributed by atoms with Gasteiger partial charge in [0, 0.05) is 25.9 Å². The lowest BCUT2D eigenvalue weighted by atomic mass is 10.1. The minimum absolute atomic E-state index is 0.0248. The summed E-state index contributed by atoms with van der Waals surface area (Å²) in [6, 6.07) is 4.20. The van der Waals surface area contributed by atoms with Crippen LogP contribution in [-0.2, 0) is 4.74 Å². The Morgan fingerprint density at radius 3 is 2.78 bits per heavy atom. The molecule has 0 spiro atoms. The highest BCUT2D eigenvalue weighted by Gasteiger charge is 2.18. The van der Waals surface area contributed by atoms with Crippen molar-refractivity contribution >= 4 is 11.6 Å². The van der Waals surface area contributed by atoms with Gasteiger partial charge in [-0.05, 0) is 18.2 Å². The number of ether oxygens (including phenoxy) is 1. The van der Waals surface area contributed by atoms with Crippen molar-refractivity contribution in [2.75, 3.05) is 39.1 Å². The Balaban J connectivity index is 2.90. The van der Waals surface area contributed by atoms with E-state index in [2.05, 4.69) is 0 Å². The van der Waals surface area contributed by atoms with E-state index in [-0.39, 0.29) is 36.1 Å². The molecule has 0 heterocycles. The number of methoxy groups -OCH3 is 1. The SMILES string of the molecule is COCCN(CCO)C(=O)c1cc(O)ccc1N. The lowest BCUT2D eigenvalue weighted by Crippen LogP contribution is -2.36. The number of rotatable bonds is 6. The van der Waals surface area contributed by atoms with Crippen molar-refractivity contribution in [1.82, 2.24) is 4.90 Å². The van der Waals surface area contributed by atoms with Crippen LogP contribution >= 0.6 is 0 Å². The van der Waals surface area contributed by atoms with Gasteiger partial charge in [0.1, 0.15) is 5.75 Å². The lowest BCUT2D eigenvalue weighted by molar-refractivity contribution is 0.0657. The number of nitrogen functional groups attached to an aromatic ring is 1. The molecule has 1 aromatic carbocycles. The summed E-state index contributed by atoms with van der Waals surface area (Å²) in [6.45, 7) is 0.765. The number of nitrogens with zero attached hydrogens (tertiary/aromatic N) is 1. The lowest BCUT2D eigenvalue weighted by Gasteiger charge is -2.22. The highest BCUT2D eigenvalue weighted by Crippen LogP contribution is 2.20. The van der Waals surface area contributed by atoms with Gasteiger partial charge in [-0.15, -0.1) is 0 Å². The van der Waals surface area contributed by atoms with Crippen molar-refractivity contribution in [2.24, 2.45) is 0 Å². The molecular formula is C12H18N2O4. The minimum atomic E-state index is -0.338. The van der Waals surface area contributed by atoms with Gasteiger partial charge >= 0.3 is 0 Å². The molecule has 1 amide bonds. The van der Waals surface area contributed by atoms with Crippen LogP contribution in [0.4, 0.5) is 5.69 Å².